The Morgan fingerprint density at radius 3 is 2.19 bits per heavy atom. The molecule has 21 heavy (non-hydrogen) atoms. The van der Waals surface area contributed by atoms with Crippen LogP contribution in [0.1, 0.15) is 5.56 Å². The Labute approximate surface area is 119 Å². The van der Waals surface area contributed by atoms with Gasteiger partial charge in [-0.2, -0.15) is 0 Å². The van der Waals surface area contributed by atoms with Crippen LogP contribution in [0.4, 0.5) is 23.7 Å². The third kappa shape index (κ3) is 3.85. The van der Waals surface area contributed by atoms with Crippen LogP contribution in [0.25, 0.3) is 6.08 Å². The third-order valence-electron chi connectivity index (χ3n) is 2.58. The zero-order chi connectivity index (χ0) is 15.2. The molecule has 6 heteroatoms. The van der Waals surface area contributed by atoms with E-state index in [-0.39, 0.29) is 5.56 Å². The number of halogens is 3. The number of hydrogen-bond donors (Lipinski definition) is 2. The molecule has 108 valence electrons. The van der Waals surface area contributed by atoms with E-state index in [9.17, 15) is 18.0 Å². The van der Waals surface area contributed by atoms with Crippen LogP contribution in [0.3, 0.4) is 0 Å². The van der Waals surface area contributed by atoms with Crippen molar-refractivity contribution in [2.45, 2.75) is 0 Å². The van der Waals surface area contributed by atoms with Gasteiger partial charge in [-0.25, -0.2) is 18.0 Å². The third-order valence-corrected chi connectivity index (χ3v) is 2.58. The standard InChI is InChI=1S/C15H11F3N2O/c16-11-5-2-1-4-10(11)8-9-19-15(21)20-14-12(17)6-3-7-13(14)18/h1-9H,(H2,19,20,21)/b9-8+. The van der Waals surface area contributed by atoms with Crippen molar-refractivity contribution in [1.82, 2.24) is 5.32 Å². The van der Waals surface area contributed by atoms with E-state index in [0.717, 1.165) is 12.1 Å². The van der Waals surface area contributed by atoms with Gasteiger partial charge in [0, 0.05) is 11.8 Å². The summed E-state index contributed by atoms with van der Waals surface area (Å²) in [6, 6.07) is 8.35. The Morgan fingerprint density at radius 1 is 0.905 bits per heavy atom. The van der Waals surface area contributed by atoms with Crippen LogP contribution in [0.2, 0.25) is 0 Å². The summed E-state index contributed by atoms with van der Waals surface area (Å²) in [7, 11) is 0. The van der Waals surface area contributed by atoms with E-state index in [2.05, 4.69) is 5.32 Å². The fourth-order valence-electron chi connectivity index (χ4n) is 1.58. The van der Waals surface area contributed by atoms with E-state index in [1.807, 2.05) is 5.32 Å². The molecule has 0 atom stereocenters. The topological polar surface area (TPSA) is 41.1 Å². The van der Waals surface area contributed by atoms with Gasteiger partial charge in [0.15, 0.2) is 0 Å². The highest BCUT2D eigenvalue weighted by Crippen LogP contribution is 2.17. The minimum Gasteiger partial charge on any atom is -0.314 e. The minimum atomic E-state index is -0.886. The molecule has 2 N–H and O–H groups in total. The quantitative estimate of drug-likeness (QED) is 0.885. The average molecular weight is 292 g/mol. The molecule has 0 unspecified atom stereocenters. The summed E-state index contributed by atoms with van der Waals surface area (Å²) in [4.78, 5) is 11.5. The molecule has 0 aliphatic carbocycles. The molecule has 0 aromatic heterocycles. The van der Waals surface area contributed by atoms with Gasteiger partial charge in [-0.3, -0.25) is 0 Å². The van der Waals surface area contributed by atoms with Crippen molar-refractivity contribution in [1.29, 1.82) is 0 Å². The van der Waals surface area contributed by atoms with Crippen LogP contribution in [-0.4, -0.2) is 6.03 Å². The summed E-state index contributed by atoms with van der Waals surface area (Å²) in [5.74, 6) is -2.22. The molecule has 0 aliphatic heterocycles. The van der Waals surface area contributed by atoms with Crippen molar-refractivity contribution in [2.75, 3.05) is 5.32 Å². The van der Waals surface area contributed by atoms with Crippen molar-refractivity contribution in [3.8, 4) is 0 Å². The van der Waals surface area contributed by atoms with Gasteiger partial charge < -0.3 is 10.6 Å². The van der Waals surface area contributed by atoms with Crippen molar-refractivity contribution in [3.63, 3.8) is 0 Å². The molecule has 0 heterocycles. The summed E-state index contributed by atoms with van der Waals surface area (Å²) in [5, 5.41) is 4.27. The molecule has 3 nitrogen and oxygen atoms in total. The maximum Gasteiger partial charge on any atom is 0.323 e. The van der Waals surface area contributed by atoms with Crippen LogP contribution in [0.15, 0.2) is 48.7 Å². The molecule has 0 saturated carbocycles. The first-order valence-corrected chi connectivity index (χ1v) is 6.00. The second kappa shape index (κ2) is 6.60. The predicted molar refractivity (Wildman–Crippen MR) is 73.9 cm³/mol. The zero-order valence-electron chi connectivity index (χ0n) is 10.7. The summed E-state index contributed by atoms with van der Waals surface area (Å²) < 4.78 is 39.9. The number of hydrogen-bond acceptors (Lipinski definition) is 1. The lowest BCUT2D eigenvalue weighted by molar-refractivity contribution is 0.255. The molecular formula is C15H11F3N2O. The number of carbonyl (C=O) groups is 1. The molecule has 2 amide bonds. The number of rotatable bonds is 3. The highest BCUT2D eigenvalue weighted by Gasteiger charge is 2.10. The smallest absolute Gasteiger partial charge is 0.314 e. The van der Waals surface area contributed by atoms with Gasteiger partial charge in [0.2, 0.25) is 0 Å². The molecule has 0 fully saturated rings. The maximum absolute atomic E-state index is 13.3. The lowest BCUT2D eigenvalue weighted by Crippen LogP contribution is -2.24. The molecule has 2 aromatic carbocycles. The largest absolute Gasteiger partial charge is 0.323 e. The summed E-state index contributed by atoms with van der Waals surface area (Å²) in [5.41, 5.74) is -0.274. The molecule has 0 bridgehead atoms. The Balaban J connectivity index is 1.98. The summed E-state index contributed by atoms with van der Waals surface area (Å²) >= 11 is 0. The molecule has 0 spiro atoms. The highest BCUT2D eigenvalue weighted by atomic mass is 19.1. The second-order valence-electron chi connectivity index (χ2n) is 4.05. The zero-order valence-corrected chi connectivity index (χ0v) is 10.7. The van der Waals surface area contributed by atoms with Crippen molar-refractivity contribution in [3.05, 3.63) is 71.7 Å². The number of benzene rings is 2. The van der Waals surface area contributed by atoms with E-state index in [0.29, 0.717) is 0 Å². The van der Waals surface area contributed by atoms with Gasteiger partial charge in [-0.05, 0) is 24.3 Å². The Hall–Kier alpha value is -2.76. The summed E-state index contributed by atoms with van der Waals surface area (Å²) in [6.45, 7) is 0. The van der Waals surface area contributed by atoms with Gasteiger partial charge >= 0.3 is 6.03 Å². The van der Waals surface area contributed by atoms with E-state index in [4.69, 9.17) is 0 Å². The first-order chi connectivity index (χ1) is 10.1. The van der Waals surface area contributed by atoms with E-state index in [1.165, 1.54) is 36.5 Å². The Bertz CT molecular complexity index is 666. The van der Waals surface area contributed by atoms with Crippen LogP contribution >= 0.6 is 0 Å². The molecule has 2 aromatic rings. The Morgan fingerprint density at radius 2 is 1.52 bits per heavy atom. The van der Waals surface area contributed by atoms with Gasteiger partial charge in [0.25, 0.3) is 0 Å². The predicted octanol–water partition coefficient (Wildman–Crippen LogP) is 3.90. The second-order valence-corrected chi connectivity index (χ2v) is 4.05. The number of amides is 2. The molecule has 0 saturated heterocycles. The average Bonchev–Trinajstić information content (AvgIpc) is 2.45. The van der Waals surface area contributed by atoms with Gasteiger partial charge in [-0.1, -0.05) is 24.3 Å². The molecular weight excluding hydrogens is 281 g/mol. The molecule has 0 radical (unpaired) electrons. The van der Waals surface area contributed by atoms with Gasteiger partial charge in [0.1, 0.15) is 23.1 Å². The van der Waals surface area contributed by atoms with E-state index >= 15 is 0 Å². The van der Waals surface area contributed by atoms with Crippen molar-refractivity contribution >= 4 is 17.8 Å². The number of carbonyl (C=O) groups excluding carboxylic acids is 1. The number of nitrogens with one attached hydrogen (secondary N) is 2. The first kappa shape index (κ1) is 14.6. The van der Waals surface area contributed by atoms with Gasteiger partial charge in [-0.15, -0.1) is 0 Å². The number of urea groups is 1. The van der Waals surface area contributed by atoms with E-state index < -0.39 is 29.2 Å². The van der Waals surface area contributed by atoms with Crippen LogP contribution in [0.5, 0.6) is 0 Å². The normalized spacial score (nSPS) is 10.6. The monoisotopic (exact) mass is 292 g/mol. The SMILES string of the molecule is O=C(N/C=C/c1ccccc1F)Nc1c(F)cccc1F. The fourth-order valence-corrected chi connectivity index (χ4v) is 1.58. The van der Waals surface area contributed by atoms with Gasteiger partial charge in [0.05, 0.1) is 0 Å². The van der Waals surface area contributed by atoms with Crippen LogP contribution in [-0.2, 0) is 0 Å². The molecule has 0 aliphatic rings. The van der Waals surface area contributed by atoms with Crippen LogP contribution < -0.4 is 10.6 Å². The highest BCUT2D eigenvalue weighted by molar-refractivity contribution is 5.90. The first-order valence-electron chi connectivity index (χ1n) is 6.00. The van der Waals surface area contributed by atoms with Crippen molar-refractivity contribution < 1.29 is 18.0 Å². The van der Waals surface area contributed by atoms with Crippen molar-refractivity contribution in [2.24, 2.45) is 0 Å². The number of anilines is 1. The molecule has 2 rings (SSSR count). The summed E-state index contributed by atoms with van der Waals surface area (Å²) in [6.07, 6.45) is 2.50. The number of para-hydroxylation sites is 1. The maximum atomic E-state index is 13.3. The van der Waals surface area contributed by atoms with Crippen LogP contribution in [0, 0.1) is 17.5 Å². The fraction of sp³-hybridized carbons (Fsp3) is 0. The lowest BCUT2D eigenvalue weighted by atomic mass is 10.2. The minimum absolute atomic E-state index is 0.273. The van der Waals surface area contributed by atoms with E-state index in [1.54, 1.807) is 6.07 Å². The lowest BCUT2D eigenvalue weighted by Gasteiger charge is -2.06. The Kier molecular flexibility index (Phi) is 4.61.